The van der Waals surface area contributed by atoms with Crippen LogP contribution in [0.25, 0.3) is 0 Å². The first-order chi connectivity index (χ1) is 7.74. The number of sulfonamides is 1. The van der Waals surface area contributed by atoms with Gasteiger partial charge >= 0.3 is 0 Å². The molecule has 0 bridgehead atoms. The molecule has 1 rings (SSSR count). The second-order valence-corrected chi connectivity index (χ2v) is 5.97. The number of nitrogen functional groups attached to an aromatic ring is 1. The highest BCUT2D eigenvalue weighted by molar-refractivity contribution is 7.89. The molecule has 4 nitrogen and oxygen atoms in total. The van der Waals surface area contributed by atoms with Crippen LogP contribution < -0.4 is 10.5 Å². The van der Waals surface area contributed by atoms with Gasteiger partial charge in [-0.15, -0.1) is 0 Å². The predicted molar refractivity (Wildman–Crippen MR) is 70.3 cm³/mol. The Morgan fingerprint density at radius 1 is 1.35 bits per heavy atom. The zero-order valence-electron chi connectivity index (χ0n) is 10.4. The Morgan fingerprint density at radius 2 is 1.82 bits per heavy atom. The van der Waals surface area contributed by atoms with Gasteiger partial charge in [-0.1, -0.05) is 12.2 Å². The van der Waals surface area contributed by atoms with Gasteiger partial charge in [-0.25, -0.2) is 13.1 Å². The molecule has 0 aliphatic heterocycles. The molecule has 1 aromatic rings. The average molecular weight is 254 g/mol. The van der Waals surface area contributed by atoms with Gasteiger partial charge in [0.05, 0.1) is 4.90 Å². The van der Waals surface area contributed by atoms with Gasteiger partial charge in [-0.3, -0.25) is 0 Å². The minimum absolute atomic E-state index is 0.242. The fourth-order valence-corrected chi connectivity index (χ4v) is 3.24. The lowest BCUT2D eigenvalue weighted by atomic mass is 10.1. The fourth-order valence-electron chi connectivity index (χ4n) is 1.70. The molecule has 0 heterocycles. The molecular weight excluding hydrogens is 236 g/mol. The van der Waals surface area contributed by atoms with E-state index in [0.29, 0.717) is 21.7 Å². The van der Waals surface area contributed by atoms with Crippen molar-refractivity contribution in [3.05, 3.63) is 35.4 Å². The quantitative estimate of drug-likeness (QED) is 0.635. The summed E-state index contributed by atoms with van der Waals surface area (Å²) in [6.45, 7) is 9.14. The Bertz CT molecular complexity index is 525. The van der Waals surface area contributed by atoms with Crippen molar-refractivity contribution in [1.82, 2.24) is 4.72 Å². The summed E-state index contributed by atoms with van der Waals surface area (Å²) in [5, 5.41) is 0. The Labute approximate surface area is 103 Å². The third kappa shape index (κ3) is 3.31. The highest BCUT2D eigenvalue weighted by atomic mass is 32.2. The summed E-state index contributed by atoms with van der Waals surface area (Å²) in [4.78, 5) is 0.299. The Balaban J connectivity index is 3.20. The van der Waals surface area contributed by atoms with Crippen LogP contribution >= 0.6 is 0 Å². The molecule has 0 aromatic heterocycles. The average Bonchev–Trinajstić information content (AvgIpc) is 2.12. The van der Waals surface area contributed by atoms with Crippen molar-refractivity contribution in [3.8, 4) is 0 Å². The highest BCUT2D eigenvalue weighted by Crippen LogP contribution is 2.22. The van der Waals surface area contributed by atoms with Crippen LogP contribution in [-0.2, 0) is 10.0 Å². The smallest absolute Gasteiger partial charge is 0.241 e. The van der Waals surface area contributed by atoms with Crippen molar-refractivity contribution < 1.29 is 8.42 Å². The normalized spacial score (nSPS) is 11.5. The zero-order valence-corrected chi connectivity index (χ0v) is 11.2. The first-order valence-electron chi connectivity index (χ1n) is 5.25. The summed E-state index contributed by atoms with van der Waals surface area (Å²) in [5.41, 5.74) is 8.30. The molecule has 94 valence electrons. The standard InChI is InChI=1S/C12H18N2O2S/c1-8(2)7-14-17(15,16)12-9(3)5-11(13)6-10(12)4/h5-6,14H,1,7,13H2,2-4H3. The van der Waals surface area contributed by atoms with Crippen molar-refractivity contribution in [2.24, 2.45) is 0 Å². The molecule has 0 fully saturated rings. The Morgan fingerprint density at radius 3 is 2.24 bits per heavy atom. The van der Waals surface area contributed by atoms with Gasteiger partial charge in [0.1, 0.15) is 0 Å². The van der Waals surface area contributed by atoms with Crippen molar-refractivity contribution in [2.75, 3.05) is 12.3 Å². The molecule has 5 heteroatoms. The molecule has 0 saturated heterocycles. The van der Waals surface area contributed by atoms with Crippen LogP contribution in [0.5, 0.6) is 0 Å². The summed E-state index contributed by atoms with van der Waals surface area (Å²) in [6.07, 6.45) is 0. The van der Waals surface area contributed by atoms with Crippen molar-refractivity contribution >= 4 is 15.7 Å². The van der Waals surface area contributed by atoms with E-state index < -0.39 is 10.0 Å². The summed E-state index contributed by atoms with van der Waals surface area (Å²) < 4.78 is 26.7. The minimum atomic E-state index is -3.50. The van der Waals surface area contributed by atoms with Crippen LogP contribution in [0.15, 0.2) is 29.2 Å². The van der Waals surface area contributed by atoms with Crippen molar-refractivity contribution in [2.45, 2.75) is 25.7 Å². The minimum Gasteiger partial charge on any atom is -0.399 e. The van der Waals surface area contributed by atoms with Crippen molar-refractivity contribution in [3.63, 3.8) is 0 Å². The van der Waals surface area contributed by atoms with Crippen LogP contribution in [0.4, 0.5) is 5.69 Å². The number of nitrogens with one attached hydrogen (secondary N) is 1. The van der Waals surface area contributed by atoms with E-state index in [4.69, 9.17) is 5.73 Å². The number of hydrogen-bond donors (Lipinski definition) is 2. The molecule has 17 heavy (non-hydrogen) atoms. The molecule has 0 radical (unpaired) electrons. The Kier molecular flexibility index (Phi) is 3.95. The van der Waals surface area contributed by atoms with Gasteiger partial charge in [0.2, 0.25) is 10.0 Å². The number of anilines is 1. The maximum atomic E-state index is 12.1. The summed E-state index contributed by atoms with van der Waals surface area (Å²) in [6, 6.07) is 3.31. The van der Waals surface area contributed by atoms with Gasteiger partial charge in [0, 0.05) is 12.2 Å². The summed E-state index contributed by atoms with van der Waals surface area (Å²) in [7, 11) is -3.50. The number of rotatable bonds is 4. The molecule has 0 unspecified atom stereocenters. The first-order valence-corrected chi connectivity index (χ1v) is 6.73. The lowest BCUT2D eigenvalue weighted by Crippen LogP contribution is -2.26. The van der Waals surface area contributed by atoms with Crippen LogP contribution in [0, 0.1) is 13.8 Å². The molecular formula is C12H18N2O2S. The van der Waals surface area contributed by atoms with E-state index in [0.717, 1.165) is 5.57 Å². The van der Waals surface area contributed by atoms with Gasteiger partial charge < -0.3 is 5.73 Å². The molecule has 0 saturated carbocycles. The predicted octanol–water partition coefficient (Wildman–Crippen LogP) is 1.74. The molecule has 0 aliphatic rings. The van der Waals surface area contributed by atoms with Gasteiger partial charge in [0.25, 0.3) is 0 Å². The lowest BCUT2D eigenvalue weighted by Gasteiger charge is -2.12. The number of aryl methyl sites for hydroxylation is 2. The monoisotopic (exact) mass is 254 g/mol. The molecule has 3 N–H and O–H groups in total. The van der Waals surface area contributed by atoms with E-state index in [9.17, 15) is 8.42 Å². The molecule has 0 spiro atoms. The third-order valence-electron chi connectivity index (χ3n) is 2.32. The van der Waals surface area contributed by atoms with E-state index in [1.807, 2.05) is 0 Å². The molecule has 1 aromatic carbocycles. The largest absolute Gasteiger partial charge is 0.399 e. The second-order valence-electron chi connectivity index (χ2n) is 4.27. The van der Waals surface area contributed by atoms with E-state index in [1.165, 1.54) is 0 Å². The van der Waals surface area contributed by atoms with Crippen LogP contribution in [-0.4, -0.2) is 15.0 Å². The van der Waals surface area contributed by atoms with Crippen LogP contribution in [0.2, 0.25) is 0 Å². The number of nitrogens with two attached hydrogens (primary N) is 1. The van der Waals surface area contributed by atoms with Gasteiger partial charge in [0.15, 0.2) is 0 Å². The van der Waals surface area contributed by atoms with Gasteiger partial charge in [-0.05, 0) is 44.0 Å². The zero-order chi connectivity index (χ0) is 13.2. The third-order valence-corrected chi connectivity index (χ3v) is 4.02. The molecule has 0 amide bonds. The van der Waals surface area contributed by atoms with E-state index in [2.05, 4.69) is 11.3 Å². The SMILES string of the molecule is C=C(C)CNS(=O)(=O)c1c(C)cc(N)cc1C. The molecule has 0 atom stereocenters. The fraction of sp³-hybridized carbons (Fsp3) is 0.333. The number of hydrogen-bond acceptors (Lipinski definition) is 3. The maximum Gasteiger partial charge on any atom is 0.241 e. The number of benzene rings is 1. The second kappa shape index (κ2) is 4.89. The summed E-state index contributed by atoms with van der Waals surface area (Å²) >= 11 is 0. The lowest BCUT2D eigenvalue weighted by molar-refractivity contribution is 0.583. The first kappa shape index (κ1) is 13.7. The van der Waals surface area contributed by atoms with Crippen LogP contribution in [0.1, 0.15) is 18.1 Å². The van der Waals surface area contributed by atoms with E-state index >= 15 is 0 Å². The summed E-state index contributed by atoms with van der Waals surface area (Å²) in [5.74, 6) is 0. The highest BCUT2D eigenvalue weighted by Gasteiger charge is 2.19. The Hall–Kier alpha value is -1.33. The van der Waals surface area contributed by atoms with E-state index in [1.54, 1.807) is 32.9 Å². The van der Waals surface area contributed by atoms with Gasteiger partial charge in [-0.2, -0.15) is 0 Å². The van der Waals surface area contributed by atoms with Crippen LogP contribution in [0.3, 0.4) is 0 Å². The topological polar surface area (TPSA) is 72.2 Å². The molecule has 0 aliphatic carbocycles. The van der Waals surface area contributed by atoms with Crippen molar-refractivity contribution in [1.29, 1.82) is 0 Å². The van der Waals surface area contributed by atoms with E-state index in [-0.39, 0.29) is 6.54 Å². The maximum absolute atomic E-state index is 12.1.